The Morgan fingerprint density at radius 2 is 2.10 bits per heavy atom. The fourth-order valence-corrected chi connectivity index (χ4v) is 2.49. The number of fused-ring (bicyclic) bond motifs is 3. The summed E-state index contributed by atoms with van der Waals surface area (Å²) in [5, 5.41) is 14.7. The lowest BCUT2D eigenvalue weighted by Gasteiger charge is -2.10. The first-order valence-corrected chi connectivity index (χ1v) is 6.25. The highest BCUT2D eigenvalue weighted by Crippen LogP contribution is 2.22. The van der Waals surface area contributed by atoms with Gasteiger partial charge in [0.15, 0.2) is 0 Å². The molecule has 0 aliphatic rings. The van der Waals surface area contributed by atoms with Crippen LogP contribution in [0.2, 0.25) is 0 Å². The predicted molar refractivity (Wildman–Crippen MR) is 75.1 cm³/mol. The van der Waals surface area contributed by atoms with Gasteiger partial charge in [0.05, 0.1) is 10.9 Å². The molecule has 6 heteroatoms. The van der Waals surface area contributed by atoms with Crippen molar-refractivity contribution in [2.45, 2.75) is 13.5 Å². The van der Waals surface area contributed by atoms with Crippen LogP contribution in [-0.2, 0) is 13.6 Å². The van der Waals surface area contributed by atoms with E-state index < -0.39 is 11.4 Å². The van der Waals surface area contributed by atoms with Gasteiger partial charge in [-0.15, -0.1) is 0 Å². The summed E-state index contributed by atoms with van der Waals surface area (Å²) in [5.74, 6) is -1.22. The maximum atomic E-state index is 12.4. The molecule has 0 amide bonds. The third kappa shape index (κ3) is 1.61. The summed E-state index contributed by atoms with van der Waals surface area (Å²) in [6.07, 6.45) is 3.19. The van der Waals surface area contributed by atoms with Crippen molar-refractivity contribution in [3.8, 4) is 0 Å². The van der Waals surface area contributed by atoms with Crippen molar-refractivity contribution >= 4 is 27.8 Å². The third-order valence-corrected chi connectivity index (χ3v) is 3.41. The van der Waals surface area contributed by atoms with Crippen LogP contribution in [0.25, 0.3) is 21.8 Å². The number of hydrogen-bond donors (Lipinski definition) is 1. The summed E-state index contributed by atoms with van der Waals surface area (Å²) in [6, 6.07) is 3.71. The summed E-state index contributed by atoms with van der Waals surface area (Å²) in [5.41, 5.74) is 0.535. The summed E-state index contributed by atoms with van der Waals surface area (Å²) in [4.78, 5) is 23.7. The van der Waals surface area contributed by atoms with Gasteiger partial charge in [-0.3, -0.25) is 9.48 Å². The minimum atomic E-state index is -1.22. The van der Waals surface area contributed by atoms with Gasteiger partial charge in [0, 0.05) is 31.4 Å². The van der Waals surface area contributed by atoms with Crippen LogP contribution in [0.1, 0.15) is 17.3 Å². The summed E-state index contributed by atoms with van der Waals surface area (Å²) in [7, 11) is 1.77. The molecule has 3 aromatic rings. The molecule has 0 aliphatic heterocycles. The minimum Gasteiger partial charge on any atom is -0.477 e. The van der Waals surface area contributed by atoms with Crippen molar-refractivity contribution < 1.29 is 9.90 Å². The van der Waals surface area contributed by atoms with Crippen molar-refractivity contribution in [1.29, 1.82) is 0 Å². The zero-order valence-electron chi connectivity index (χ0n) is 11.1. The number of hydrogen-bond acceptors (Lipinski definition) is 3. The van der Waals surface area contributed by atoms with Gasteiger partial charge in [-0.1, -0.05) is 0 Å². The normalized spacial score (nSPS) is 11.3. The lowest BCUT2D eigenvalue weighted by Crippen LogP contribution is -2.19. The highest BCUT2D eigenvalue weighted by Gasteiger charge is 2.17. The van der Waals surface area contributed by atoms with E-state index in [1.807, 2.05) is 19.1 Å². The number of aryl methyl sites for hydroxylation is 2. The van der Waals surface area contributed by atoms with Crippen LogP contribution in [0.5, 0.6) is 0 Å². The van der Waals surface area contributed by atoms with Gasteiger partial charge in [0.25, 0.3) is 0 Å². The zero-order valence-corrected chi connectivity index (χ0v) is 11.1. The van der Waals surface area contributed by atoms with Crippen molar-refractivity contribution in [2.75, 3.05) is 0 Å². The van der Waals surface area contributed by atoms with E-state index in [1.54, 1.807) is 22.5 Å². The summed E-state index contributed by atoms with van der Waals surface area (Å²) < 4.78 is 3.38. The number of nitrogens with zero attached hydrogens (tertiary/aromatic N) is 3. The number of rotatable bonds is 2. The Morgan fingerprint density at radius 1 is 1.35 bits per heavy atom. The smallest absolute Gasteiger partial charge is 0.341 e. The second kappa shape index (κ2) is 4.19. The van der Waals surface area contributed by atoms with E-state index in [4.69, 9.17) is 0 Å². The Hall–Kier alpha value is -2.63. The molecule has 0 saturated carbocycles. The Kier molecular flexibility index (Phi) is 2.60. The second-order valence-electron chi connectivity index (χ2n) is 4.66. The number of benzene rings is 1. The maximum Gasteiger partial charge on any atom is 0.341 e. The number of aromatic carboxylic acids is 1. The van der Waals surface area contributed by atoms with Crippen LogP contribution in [0.4, 0.5) is 0 Å². The molecule has 0 fully saturated rings. The van der Waals surface area contributed by atoms with Gasteiger partial charge in [-0.2, -0.15) is 5.10 Å². The molecule has 0 bridgehead atoms. The quantitative estimate of drug-likeness (QED) is 0.768. The van der Waals surface area contributed by atoms with Gasteiger partial charge in [0.2, 0.25) is 5.43 Å². The van der Waals surface area contributed by atoms with Gasteiger partial charge in [-0.05, 0) is 19.1 Å². The second-order valence-corrected chi connectivity index (χ2v) is 4.66. The van der Waals surface area contributed by atoms with Crippen LogP contribution in [0.15, 0.2) is 29.3 Å². The Labute approximate surface area is 113 Å². The fourth-order valence-electron chi connectivity index (χ4n) is 2.49. The van der Waals surface area contributed by atoms with Gasteiger partial charge in [0.1, 0.15) is 11.1 Å². The van der Waals surface area contributed by atoms with E-state index in [9.17, 15) is 14.7 Å². The van der Waals surface area contributed by atoms with E-state index >= 15 is 0 Å². The first kappa shape index (κ1) is 12.4. The molecule has 2 heterocycles. The molecule has 6 nitrogen and oxygen atoms in total. The molecular formula is C14H13N3O3. The number of pyridine rings is 1. The van der Waals surface area contributed by atoms with Crippen molar-refractivity contribution in [3.05, 3.63) is 40.3 Å². The Balaban J connectivity index is 2.61. The molecule has 0 unspecified atom stereocenters. The Bertz CT molecular complexity index is 905. The first-order valence-electron chi connectivity index (χ1n) is 6.25. The monoisotopic (exact) mass is 271 g/mol. The highest BCUT2D eigenvalue weighted by atomic mass is 16.4. The summed E-state index contributed by atoms with van der Waals surface area (Å²) >= 11 is 0. The van der Waals surface area contributed by atoms with Gasteiger partial charge < -0.3 is 9.67 Å². The topological polar surface area (TPSA) is 77.1 Å². The predicted octanol–water partition coefficient (Wildman–Crippen LogP) is 1.61. The number of carbonyl (C=O) groups is 1. The minimum absolute atomic E-state index is 0.225. The molecule has 0 aliphatic carbocycles. The van der Waals surface area contributed by atoms with E-state index in [0.717, 1.165) is 5.39 Å². The average Bonchev–Trinajstić information content (AvgIpc) is 2.78. The molecule has 0 atom stereocenters. The molecule has 3 rings (SSSR count). The molecule has 1 aromatic carbocycles. The molecule has 1 N–H and O–H groups in total. The summed E-state index contributed by atoms with van der Waals surface area (Å²) in [6.45, 7) is 2.48. The SMILES string of the molecule is CCn1cc(C(=O)O)c(=O)c2c3nn(C)cc3ccc21. The van der Waals surface area contributed by atoms with Gasteiger partial charge in [-0.25, -0.2) is 4.79 Å². The third-order valence-electron chi connectivity index (χ3n) is 3.41. The highest BCUT2D eigenvalue weighted by molar-refractivity contribution is 6.05. The van der Waals surface area contributed by atoms with Crippen LogP contribution in [0, 0.1) is 0 Å². The lowest BCUT2D eigenvalue weighted by molar-refractivity contribution is 0.0695. The van der Waals surface area contributed by atoms with E-state index in [2.05, 4.69) is 5.10 Å². The number of aromatic nitrogens is 3. The van der Waals surface area contributed by atoms with Crippen LogP contribution < -0.4 is 5.43 Å². The number of carboxylic acid groups (broad SMARTS) is 1. The van der Waals surface area contributed by atoms with E-state index in [1.165, 1.54) is 6.20 Å². The maximum absolute atomic E-state index is 12.4. The van der Waals surface area contributed by atoms with Crippen molar-refractivity contribution in [3.63, 3.8) is 0 Å². The van der Waals surface area contributed by atoms with E-state index in [0.29, 0.717) is 23.0 Å². The largest absolute Gasteiger partial charge is 0.477 e. The lowest BCUT2D eigenvalue weighted by atomic mass is 10.1. The standard InChI is InChI=1S/C14H13N3O3/c1-3-17-7-9(14(19)20)13(18)11-10(17)5-4-8-6-16(2)15-12(8)11/h4-7H,3H2,1-2H3,(H,19,20). The van der Waals surface area contributed by atoms with Gasteiger partial charge >= 0.3 is 5.97 Å². The van der Waals surface area contributed by atoms with Crippen molar-refractivity contribution in [2.24, 2.45) is 7.05 Å². The molecule has 20 heavy (non-hydrogen) atoms. The first-order chi connectivity index (χ1) is 9.52. The molecule has 0 radical (unpaired) electrons. The van der Waals surface area contributed by atoms with Crippen LogP contribution in [0.3, 0.4) is 0 Å². The number of carboxylic acids is 1. The van der Waals surface area contributed by atoms with Crippen LogP contribution >= 0.6 is 0 Å². The molecule has 0 saturated heterocycles. The molecular weight excluding hydrogens is 258 g/mol. The van der Waals surface area contributed by atoms with E-state index in [-0.39, 0.29) is 5.56 Å². The average molecular weight is 271 g/mol. The molecule has 0 spiro atoms. The fraction of sp³-hybridized carbons (Fsp3) is 0.214. The Morgan fingerprint density at radius 3 is 2.75 bits per heavy atom. The van der Waals surface area contributed by atoms with Crippen molar-refractivity contribution in [1.82, 2.24) is 14.3 Å². The van der Waals surface area contributed by atoms with Crippen LogP contribution in [-0.4, -0.2) is 25.4 Å². The molecule has 2 aromatic heterocycles. The molecule has 102 valence electrons. The zero-order chi connectivity index (χ0) is 14.4.